The van der Waals surface area contributed by atoms with Crippen molar-refractivity contribution in [2.45, 2.75) is 11.8 Å². The average Bonchev–Trinajstić information content (AvgIpc) is 3.53. The summed E-state index contributed by atoms with van der Waals surface area (Å²) in [5, 5.41) is 2.92. The van der Waals surface area contributed by atoms with Crippen LogP contribution < -0.4 is 10.2 Å². The van der Waals surface area contributed by atoms with Crippen molar-refractivity contribution in [1.29, 1.82) is 0 Å². The summed E-state index contributed by atoms with van der Waals surface area (Å²) in [5.74, 6) is -2.00. The largest absolute Gasteiger partial charge is 0.459 e. The number of carbonyl (C=O) groups excluding carboxylic acids is 3. The average molecular weight is 495 g/mol. The van der Waals surface area contributed by atoms with Gasteiger partial charge < -0.3 is 9.73 Å². The second-order valence-electron chi connectivity index (χ2n) is 9.37. The van der Waals surface area contributed by atoms with E-state index in [1.807, 2.05) is 24.3 Å². The first-order valence-electron chi connectivity index (χ1n) is 11.7. The van der Waals surface area contributed by atoms with Crippen LogP contribution in [0.4, 0.5) is 11.4 Å². The molecule has 2 heterocycles. The lowest BCUT2D eigenvalue weighted by Gasteiger charge is -2.45. The van der Waals surface area contributed by atoms with Crippen molar-refractivity contribution in [1.82, 2.24) is 0 Å². The van der Waals surface area contributed by atoms with E-state index >= 15 is 0 Å². The maximum Gasteiger partial charge on any atom is 0.291 e. The van der Waals surface area contributed by atoms with Gasteiger partial charge in [-0.25, -0.2) is 4.90 Å². The number of imide groups is 1. The van der Waals surface area contributed by atoms with Crippen molar-refractivity contribution in [3.8, 4) is 0 Å². The number of anilines is 2. The van der Waals surface area contributed by atoms with E-state index in [1.165, 1.54) is 11.2 Å². The third-order valence-corrected chi connectivity index (χ3v) is 7.97. The minimum Gasteiger partial charge on any atom is -0.459 e. The molecule has 0 saturated carbocycles. The van der Waals surface area contributed by atoms with Gasteiger partial charge >= 0.3 is 0 Å². The highest BCUT2D eigenvalue weighted by atomic mass is 35.5. The predicted octanol–water partition coefficient (Wildman–Crippen LogP) is 5.58. The Morgan fingerprint density at radius 2 is 1.33 bits per heavy atom. The van der Waals surface area contributed by atoms with Gasteiger partial charge in [0.1, 0.15) is 0 Å². The van der Waals surface area contributed by atoms with Crippen LogP contribution in [0.25, 0.3) is 0 Å². The highest BCUT2D eigenvalue weighted by Gasteiger charge is 2.61. The minimum absolute atomic E-state index is 0.152. The smallest absolute Gasteiger partial charge is 0.291 e. The molecule has 3 amide bonds. The van der Waals surface area contributed by atoms with Gasteiger partial charge in [-0.2, -0.15) is 0 Å². The van der Waals surface area contributed by atoms with E-state index in [1.54, 1.807) is 30.3 Å². The van der Waals surface area contributed by atoms with Crippen molar-refractivity contribution in [2.24, 2.45) is 11.8 Å². The van der Waals surface area contributed by atoms with Gasteiger partial charge in [-0.1, -0.05) is 60.1 Å². The topological polar surface area (TPSA) is 79.6 Å². The van der Waals surface area contributed by atoms with E-state index in [0.29, 0.717) is 11.4 Å². The zero-order chi connectivity index (χ0) is 24.6. The summed E-state index contributed by atoms with van der Waals surface area (Å²) in [6, 6.07) is 24.2. The van der Waals surface area contributed by atoms with Crippen molar-refractivity contribution in [3.63, 3.8) is 0 Å². The van der Waals surface area contributed by atoms with Gasteiger partial charge in [-0.15, -0.1) is 0 Å². The summed E-state index contributed by atoms with van der Waals surface area (Å²) in [5.41, 5.74) is 5.25. The van der Waals surface area contributed by atoms with E-state index < -0.39 is 17.7 Å². The molecule has 7 heteroatoms. The summed E-state index contributed by atoms with van der Waals surface area (Å²) in [7, 11) is 0. The van der Waals surface area contributed by atoms with Crippen LogP contribution in [0.2, 0.25) is 5.02 Å². The molecule has 0 unspecified atom stereocenters. The predicted molar refractivity (Wildman–Crippen MR) is 134 cm³/mol. The maximum atomic E-state index is 13.9. The molecule has 6 nitrogen and oxygen atoms in total. The third-order valence-electron chi connectivity index (χ3n) is 7.65. The van der Waals surface area contributed by atoms with Gasteiger partial charge in [-0.3, -0.25) is 14.4 Å². The lowest BCUT2D eigenvalue weighted by molar-refractivity contribution is -0.122. The van der Waals surface area contributed by atoms with Crippen molar-refractivity contribution in [2.75, 3.05) is 10.2 Å². The van der Waals surface area contributed by atoms with Crippen LogP contribution in [-0.4, -0.2) is 17.7 Å². The highest BCUT2D eigenvalue weighted by Crippen LogP contribution is 2.61. The number of carbonyl (C=O) groups is 3. The molecular formula is C29H19ClN2O4. The molecule has 3 aliphatic carbocycles. The van der Waals surface area contributed by atoms with E-state index in [0.717, 1.165) is 22.3 Å². The highest BCUT2D eigenvalue weighted by molar-refractivity contribution is 6.34. The van der Waals surface area contributed by atoms with Gasteiger partial charge in [0.2, 0.25) is 11.8 Å². The number of rotatable bonds is 3. The van der Waals surface area contributed by atoms with Crippen LogP contribution >= 0.6 is 11.6 Å². The van der Waals surface area contributed by atoms with E-state index in [9.17, 15) is 14.4 Å². The molecule has 0 radical (unpaired) electrons. The minimum atomic E-state index is -0.468. The van der Waals surface area contributed by atoms with E-state index in [4.69, 9.17) is 16.0 Å². The van der Waals surface area contributed by atoms with Crippen LogP contribution in [0.1, 0.15) is 44.6 Å². The summed E-state index contributed by atoms with van der Waals surface area (Å²) >= 11 is 6.48. The Labute approximate surface area is 211 Å². The second-order valence-corrected chi connectivity index (χ2v) is 9.78. The van der Waals surface area contributed by atoms with Gasteiger partial charge in [0.15, 0.2) is 5.76 Å². The fraction of sp³-hybridized carbons (Fsp3) is 0.138. The molecule has 3 aromatic carbocycles. The monoisotopic (exact) mass is 494 g/mol. The number of nitrogens with one attached hydrogen (secondary N) is 1. The molecule has 2 bridgehead atoms. The lowest BCUT2D eigenvalue weighted by Crippen LogP contribution is -2.41. The Bertz CT molecular complexity index is 1460. The zero-order valence-corrected chi connectivity index (χ0v) is 19.6. The summed E-state index contributed by atoms with van der Waals surface area (Å²) in [6.07, 6.45) is 1.41. The molecule has 0 spiro atoms. The first-order valence-corrected chi connectivity index (χ1v) is 12.1. The van der Waals surface area contributed by atoms with Crippen LogP contribution in [0.15, 0.2) is 89.5 Å². The first-order chi connectivity index (χ1) is 17.5. The number of hydrogen-bond donors (Lipinski definition) is 1. The molecule has 8 rings (SSSR count). The third kappa shape index (κ3) is 2.82. The summed E-state index contributed by atoms with van der Waals surface area (Å²) in [6.45, 7) is 0. The molecule has 2 atom stereocenters. The van der Waals surface area contributed by atoms with Gasteiger partial charge in [0.25, 0.3) is 5.91 Å². The Kier molecular flexibility index (Phi) is 4.51. The van der Waals surface area contributed by atoms with Gasteiger partial charge in [0.05, 0.1) is 34.5 Å². The number of furan rings is 1. The Hall–Kier alpha value is -4.16. The van der Waals surface area contributed by atoms with Gasteiger partial charge in [-0.05, 0) is 52.6 Å². The standard InChI is InChI=1S/C29H19ClN2O4/c30-20-14-15(11-12-21(20)31-27(33)22-10-5-13-36-22)32-28(34)25-23-16-6-1-2-7-17(16)24(26(25)29(32)35)19-9-4-3-8-18(19)23/h1-14,23-26H,(H,31,33)/t23?,24?,25-,26+. The molecule has 1 saturated heterocycles. The van der Waals surface area contributed by atoms with E-state index in [2.05, 4.69) is 29.6 Å². The molecule has 4 aliphatic rings. The fourth-order valence-electron chi connectivity index (χ4n) is 6.27. The van der Waals surface area contributed by atoms with Crippen LogP contribution in [0, 0.1) is 11.8 Å². The number of halogens is 1. The summed E-state index contributed by atoms with van der Waals surface area (Å²) in [4.78, 5) is 41.4. The molecule has 1 N–H and O–H groups in total. The quantitative estimate of drug-likeness (QED) is 0.377. The normalized spacial score (nSPS) is 23.3. The Morgan fingerprint density at radius 3 is 1.81 bits per heavy atom. The van der Waals surface area contributed by atoms with Crippen molar-refractivity contribution >= 4 is 40.7 Å². The lowest BCUT2D eigenvalue weighted by atomic mass is 9.55. The Morgan fingerprint density at radius 1 is 0.778 bits per heavy atom. The molecular weight excluding hydrogens is 476 g/mol. The molecule has 176 valence electrons. The molecule has 1 aliphatic heterocycles. The first kappa shape index (κ1) is 21.1. The van der Waals surface area contributed by atoms with Crippen LogP contribution in [-0.2, 0) is 9.59 Å². The fourth-order valence-corrected chi connectivity index (χ4v) is 6.49. The zero-order valence-electron chi connectivity index (χ0n) is 18.9. The maximum absolute atomic E-state index is 13.9. The van der Waals surface area contributed by atoms with Crippen molar-refractivity contribution < 1.29 is 18.8 Å². The Balaban J connectivity index is 1.27. The molecule has 4 aromatic rings. The molecule has 36 heavy (non-hydrogen) atoms. The SMILES string of the molecule is O=C(Nc1ccc(N2C(=O)[C@@H]3C4c5ccccc5C(c5ccccc54)[C@@H]3C2=O)cc1Cl)c1ccco1. The van der Waals surface area contributed by atoms with E-state index in [-0.39, 0.29) is 34.4 Å². The van der Waals surface area contributed by atoms with Gasteiger partial charge in [0, 0.05) is 11.8 Å². The number of benzene rings is 3. The van der Waals surface area contributed by atoms with Crippen LogP contribution in [0.5, 0.6) is 0 Å². The van der Waals surface area contributed by atoms with Crippen molar-refractivity contribution in [3.05, 3.63) is 118 Å². The van der Waals surface area contributed by atoms with Crippen LogP contribution in [0.3, 0.4) is 0 Å². The number of nitrogens with zero attached hydrogens (tertiary/aromatic N) is 1. The number of hydrogen-bond acceptors (Lipinski definition) is 4. The second kappa shape index (κ2) is 7.67. The molecule has 1 fully saturated rings. The molecule has 1 aromatic heterocycles. The summed E-state index contributed by atoms with van der Waals surface area (Å²) < 4.78 is 5.12. The number of amides is 3.